The molecule has 1 saturated carbocycles. The van der Waals surface area contributed by atoms with E-state index in [2.05, 4.69) is 20.0 Å². The zero-order chi connectivity index (χ0) is 19.2. The number of fused-ring (bicyclic) bond motifs is 1. The van der Waals surface area contributed by atoms with Gasteiger partial charge in [-0.1, -0.05) is 5.16 Å². The van der Waals surface area contributed by atoms with Crippen LogP contribution in [0.3, 0.4) is 0 Å². The number of nitrogens with one attached hydrogen (secondary N) is 1. The number of thiophene rings is 1. The van der Waals surface area contributed by atoms with E-state index in [0.717, 1.165) is 23.3 Å². The summed E-state index contributed by atoms with van der Waals surface area (Å²) in [6.45, 7) is 0.964. The Morgan fingerprint density at radius 2 is 2.22 bits per heavy atom. The topological polar surface area (TPSA) is 80.5 Å². The van der Waals surface area contributed by atoms with E-state index in [-0.39, 0.29) is 24.0 Å². The summed E-state index contributed by atoms with van der Waals surface area (Å²) >= 11 is 1.28. The van der Waals surface area contributed by atoms with E-state index in [4.69, 9.17) is 4.74 Å². The highest BCUT2D eigenvalue weighted by Gasteiger charge is 2.39. The molecule has 0 aromatic carbocycles. The Morgan fingerprint density at radius 3 is 2.89 bits per heavy atom. The van der Waals surface area contributed by atoms with Gasteiger partial charge in [-0.05, 0) is 30.9 Å². The minimum Gasteiger partial charge on any atom is -0.381 e. The van der Waals surface area contributed by atoms with Gasteiger partial charge in [0.15, 0.2) is 0 Å². The number of carbonyl (C=O) groups excluding carboxylic acids is 1. The lowest BCUT2D eigenvalue weighted by Crippen LogP contribution is -2.52. The van der Waals surface area contributed by atoms with Crippen molar-refractivity contribution in [1.82, 2.24) is 20.4 Å². The number of alkyl halides is 3. The number of halogens is 3. The highest BCUT2D eigenvalue weighted by Crippen LogP contribution is 2.35. The van der Waals surface area contributed by atoms with E-state index in [1.54, 1.807) is 18.1 Å². The summed E-state index contributed by atoms with van der Waals surface area (Å²) in [5.74, 6) is -1.45. The normalized spacial score (nSPS) is 22.3. The molecule has 146 valence electrons. The molecule has 4 rings (SSSR count). The van der Waals surface area contributed by atoms with Gasteiger partial charge in [-0.3, -0.25) is 0 Å². The van der Waals surface area contributed by atoms with Crippen molar-refractivity contribution in [2.45, 2.75) is 44.1 Å². The molecule has 0 atom stereocenters. The van der Waals surface area contributed by atoms with E-state index in [0.29, 0.717) is 24.4 Å². The zero-order valence-corrected chi connectivity index (χ0v) is 15.2. The first kappa shape index (κ1) is 18.2. The third kappa shape index (κ3) is 3.65. The highest BCUT2D eigenvalue weighted by molar-refractivity contribution is 7.15. The third-order valence-corrected chi connectivity index (χ3v) is 5.97. The minimum absolute atomic E-state index is 0.0854. The molecule has 1 aliphatic carbocycles. The number of urea groups is 1. The Hall–Kier alpha value is -2.14. The van der Waals surface area contributed by atoms with Crippen molar-refractivity contribution < 1.29 is 27.2 Å². The van der Waals surface area contributed by atoms with Crippen LogP contribution >= 0.6 is 11.3 Å². The van der Waals surface area contributed by atoms with Crippen LogP contribution in [0.5, 0.6) is 0 Å². The van der Waals surface area contributed by atoms with Crippen molar-refractivity contribution in [2.24, 2.45) is 0 Å². The predicted octanol–water partition coefficient (Wildman–Crippen LogP) is 3.06. The van der Waals surface area contributed by atoms with Crippen molar-refractivity contribution in [3.05, 3.63) is 22.4 Å². The van der Waals surface area contributed by atoms with Gasteiger partial charge in [-0.2, -0.15) is 18.2 Å². The van der Waals surface area contributed by atoms with E-state index >= 15 is 0 Å². The number of nitrogens with zero attached hydrogens (tertiary/aromatic N) is 3. The number of carbonyl (C=O) groups is 1. The second kappa shape index (κ2) is 6.79. The second-order valence-corrected chi connectivity index (χ2v) is 7.76. The van der Waals surface area contributed by atoms with Crippen LogP contribution in [0.4, 0.5) is 18.0 Å². The van der Waals surface area contributed by atoms with E-state index < -0.39 is 12.1 Å². The van der Waals surface area contributed by atoms with E-state index in [1.165, 1.54) is 11.3 Å². The lowest BCUT2D eigenvalue weighted by atomic mass is 9.89. The summed E-state index contributed by atoms with van der Waals surface area (Å²) in [7, 11) is 1.66. The van der Waals surface area contributed by atoms with Crippen molar-refractivity contribution in [3.63, 3.8) is 0 Å². The summed E-state index contributed by atoms with van der Waals surface area (Å²) in [6.07, 6.45) is -2.21. The molecule has 2 amide bonds. The summed E-state index contributed by atoms with van der Waals surface area (Å²) in [6, 6.07) is 1.77. The van der Waals surface area contributed by atoms with Crippen LogP contribution in [0.2, 0.25) is 0 Å². The van der Waals surface area contributed by atoms with Crippen molar-refractivity contribution in [3.8, 4) is 10.7 Å². The fourth-order valence-corrected chi connectivity index (χ4v) is 4.34. The Bertz CT molecular complexity index is 844. The molecule has 1 aliphatic heterocycles. The van der Waals surface area contributed by atoms with Gasteiger partial charge >= 0.3 is 18.1 Å². The van der Waals surface area contributed by atoms with Gasteiger partial charge in [0.2, 0.25) is 5.82 Å². The standard InChI is InChI=1S/C16H17F3N4O3S/c1-25-10-5-9(6-10)20-15(24)23-3-2-8-4-11(27-12(8)7-23)13-21-14(26-22-13)16(17,18)19/h4,9-10H,2-3,5-7H2,1H3,(H,20,24). The molecule has 0 spiro atoms. The molecule has 1 fully saturated rings. The van der Waals surface area contributed by atoms with E-state index in [9.17, 15) is 18.0 Å². The van der Waals surface area contributed by atoms with Gasteiger partial charge in [-0.15, -0.1) is 11.3 Å². The molecule has 0 saturated heterocycles. The molecule has 2 aromatic rings. The number of hydrogen-bond donors (Lipinski definition) is 1. The quantitative estimate of drug-likeness (QED) is 0.854. The van der Waals surface area contributed by atoms with Gasteiger partial charge in [0.25, 0.3) is 0 Å². The summed E-state index contributed by atoms with van der Waals surface area (Å²) in [5, 5.41) is 6.41. The first-order chi connectivity index (χ1) is 12.8. The number of amides is 2. The SMILES string of the molecule is COC1CC(NC(=O)N2CCc3cc(-c4noc(C(F)(F)F)n4)sc3C2)C1. The molecule has 3 heterocycles. The van der Waals surface area contributed by atoms with Crippen LogP contribution in [-0.4, -0.2) is 46.9 Å². The summed E-state index contributed by atoms with van der Waals surface area (Å²) in [4.78, 5) is 19.0. The maximum atomic E-state index is 12.6. The third-order valence-electron chi connectivity index (χ3n) is 4.81. The molecule has 11 heteroatoms. The fraction of sp³-hybridized carbons (Fsp3) is 0.562. The number of hydrogen-bond acceptors (Lipinski definition) is 6. The largest absolute Gasteiger partial charge is 0.471 e. The van der Waals surface area contributed by atoms with Gasteiger partial charge in [-0.25, -0.2) is 4.79 Å². The molecule has 27 heavy (non-hydrogen) atoms. The van der Waals surface area contributed by atoms with Crippen LogP contribution in [0.25, 0.3) is 10.7 Å². The zero-order valence-electron chi connectivity index (χ0n) is 14.4. The van der Waals surface area contributed by atoms with E-state index in [1.807, 2.05) is 0 Å². The van der Waals surface area contributed by atoms with Crippen molar-refractivity contribution >= 4 is 17.4 Å². The Labute approximate surface area is 156 Å². The second-order valence-electron chi connectivity index (χ2n) is 6.63. The van der Waals surface area contributed by atoms with Crippen molar-refractivity contribution in [1.29, 1.82) is 0 Å². The predicted molar refractivity (Wildman–Crippen MR) is 89.1 cm³/mol. The molecular weight excluding hydrogens is 385 g/mol. The molecule has 0 radical (unpaired) electrons. The molecule has 7 nitrogen and oxygen atoms in total. The maximum Gasteiger partial charge on any atom is 0.471 e. The number of rotatable bonds is 3. The molecule has 2 aromatic heterocycles. The molecule has 2 aliphatic rings. The molecule has 1 N–H and O–H groups in total. The number of methoxy groups -OCH3 is 1. The average Bonchev–Trinajstić information content (AvgIpc) is 3.22. The molecule has 0 unspecified atom stereocenters. The van der Waals surface area contributed by atoms with Gasteiger partial charge in [0.05, 0.1) is 17.5 Å². The molecular formula is C16H17F3N4O3S. The number of aromatic nitrogens is 2. The van der Waals surface area contributed by atoms with Crippen LogP contribution in [-0.2, 0) is 23.9 Å². The minimum atomic E-state index is -4.67. The summed E-state index contributed by atoms with van der Waals surface area (Å²) in [5.41, 5.74) is 1.00. The number of ether oxygens (including phenoxy) is 1. The Balaban J connectivity index is 1.42. The van der Waals surface area contributed by atoms with Crippen molar-refractivity contribution in [2.75, 3.05) is 13.7 Å². The van der Waals surface area contributed by atoms with Gasteiger partial charge in [0.1, 0.15) is 0 Å². The Kier molecular flexibility index (Phi) is 4.58. The first-order valence-electron chi connectivity index (χ1n) is 8.44. The lowest BCUT2D eigenvalue weighted by Gasteiger charge is -2.36. The summed E-state index contributed by atoms with van der Waals surface area (Å²) < 4.78 is 47.3. The maximum absolute atomic E-state index is 12.6. The van der Waals surface area contributed by atoms with Crippen LogP contribution in [0, 0.1) is 0 Å². The van der Waals surface area contributed by atoms with Crippen LogP contribution in [0.15, 0.2) is 10.6 Å². The fourth-order valence-electron chi connectivity index (χ4n) is 3.18. The van der Waals surface area contributed by atoms with Gasteiger partial charge < -0.3 is 19.5 Å². The van der Waals surface area contributed by atoms with Gasteiger partial charge in [0, 0.05) is 24.6 Å². The Morgan fingerprint density at radius 1 is 1.44 bits per heavy atom. The molecule has 0 bridgehead atoms. The van der Waals surface area contributed by atoms with Crippen LogP contribution < -0.4 is 5.32 Å². The first-order valence-corrected chi connectivity index (χ1v) is 9.26. The average molecular weight is 402 g/mol. The van der Waals surface area contributed by atoms with Crippen LogP contribution in [0.1, 0.15) is 29.2 Å². The monoisotopic (exact) mass is 402 g/mol. The lowest BCUT2D eigenvalue weighted by molar-refractivity contribution is -0.159. The smallest absolute Gasteiger partial charge is 0.381 e. The highest BCUT2D eigenvalue weighted by atomic mass is 32.1.